The van der Waals surface area contributed by atoms with Crippen LogP contribution in [0, 0.1) is 17.2 Å². The molecular weight excluding hydrogens is 258 g/mol. The number of aryl methyl sites for hydroxylation is 1. The average Bonchev–Trinajstić information content (AvgIpc) is 2.75. The SMILES string of the molecule is CC(C)CCCn1c(CCl)nc2ccc(C#N)cc21. The lowest BCUT2D eigenvalue weighted by Gasteiger charge is -2.09. The lowest BCUT2D eigenvalue weighted by Crippen LogP contribution is -2.03. The summed E-state index contributed by atoms with van der Waals surface area (Å²) < 4.78 is 2.14. The van der Waals surface area contributed by atoms with Crippen LogP contribution in [0.2, 0.25) is 0 Å². The highest BCUT2D eigenvalue weighted by Gasteiger charge is 2.10. The first-order valence-electron chi connectivity index (χ1n) is 6.61. The van der Waals surface area contributed by atoms with E-state index < -0.39 is 0 Å². The molecule has 0 aliphatic carbocycles. The number of hydrogen-bond donors (Lipinski definition) is 0. The number of imidazole rings is 1. The van der Waals surface area contributed by atoms with Crippen LogP contribution in [-0.2, 0) is 12.4 Å². The minimum absolute atomic E-state index is 0.401. The molecule has 3 nitrogen and oxygen atoms in total. The van der Waals surface area contributed by atoms with Crippen molar-refractivity contribution in [1.82, 2.24) is 9.55 Å². The highest BCUT2D eigenvalue weighted by atomic mass is 35.5. The number of hydrogen-bond acceptors (Lipinski definition) is 2. The molecule has 100 valence electrons. The second-order valence-electron chi connectivity index (χ2n) is 5.16. The molecule has 1 heterocycles. The molecule has 0 saturated heterocycles. The van der Waals surface area contributed by atoms with E-state index in [1.54, 1.807) is 6.07 Å². The number of halogens is 1. The summed E-state index contributed by atoms with van der Waals surface area (Å²) in [6, 6.07) is 7.76. The van der Waals surface area contributed by atoms with Crippen LogP contribution in [0.5, 0.6) is 0 Å². The lowest BCUT2D eigenvalue weighted by atomic mass is 10.1. The van der Waals surface area contributed by atoms with Gasteiger partial charge in [0.25, 0.3) is 0 Å². The fraction of sp³-hybridized carbons (Fsp3) is 0.467. The molecule has 0 spiro atoms. The van der Waals surface area contributed by atoms with Gasteiger partial charge in [-0.2, -0.15) is 5.26 Å². The Kier molecular flexibility index (Phi) is 4.44. The van der Waals surface area contributed by atoms with Crippen molar-refractivity contribution in [2.24, 2.45) is 5.92 Å². The third-order valence-electron chi connectivity index (χ3n) is 3.24. The third kappa shape index (κ3) is 3.08. The van der Waals surface area contributed by atoms with E-state index in [0.29, 0.717) is 17.4 Å². The van der Waals surface area contributed by atoms with Gasteiger partial charge in [-0.1, -0.05) is 13.8 Å². The standard InChI is InChI=1S/C15H18ClN3/c1-11(2)4-3-7-19-14-8-12(10-17)5-6-13(14)18-15(19)9-16/h5-6,8,11H,3-4,7,9H2,1-2H3. The minimum atomic E-state index is 0.401. The molecule has 0 amide bonds. The second-order valence-corrected chi connectivity index (χ2v) is 5.43. The van der Waals surface area contributed by atoms with E-state index in [1.165, 1.54) is 6.42 Å². The van der Waals surface area contributed by atoms with E-state index in [2.05, 4.69) is 29.5 Å². The molecule has 0 saturated carbocycles. The fourth-order valence-corrected chi connectivity index (χ4v) is 2.46. The fourth-order valence-electron chi connectivity index (χ4n) is 2.25. The van der Waals surface area contributed by atoms with Gasteiger partial charge < -0.3 is 4.57 Å². The molecule has 0 aliphatic heterocycles. The minimum Gasteiger partial charge on any atom is -0.327 e. The Morgan fingerprint density at radius 2 is 2.21 bits per heavy atom. The second kappa shape index (κ2) is 6.08. The van der Waals surface area contributed by atoms with Gasteiger partial charge in [-0.3, -0.25) is 0 Å². The van der Waals surface area contributed by atoms with E-state index >= 15 is 0 Å². The largest absolute Gasteiger partial charge is 0.327 e. The molecule has 0 aliphatic rings. The van der Waals surface area contributed by atoms with Crippen LogP contribution in [0.1, 0.15) is 38.1 Å². The predicted octanol–water partition coefficient (Wildman–Crippen LogP) is 4.08. The van der Waals surface area contributed by atoms with Gasteiger partial charge in [0.2, 0.25) is 0 Å². The van der Waals surface area contributed by atoms with Crippen LogP contribution in [0.25, 0.3) is 11.0 Å². The Labute approximate surface area is 118 Å². The lowest BCUT2D eigenvalue weighted by molar-refractivity contribution is 0.512. The summed E-state index contributed by atoms with van der Waals surface area (Å²) in [5, 5.41) is 9.00. The van der Waals surface area contributed by atoms with Crippen LogP contribution >= 0.6 is 11.6 Å². The Balaban J connectivity index is 2.35. The van der Waals surface area contributed by atoms with Crippen molar-refractivity contribution < 1.29 is 0 Å². The zero-order chi connectivity index (χ0) is 13.8. The third-order valence-corrected chi connectivity index (χ3v) is 3.48. The van der Waals surface area contributed by atoms with Crippen molar-refractivity contribution in [3.63, 3.8) is 0 Å². The van der Waals surface area contributed by atoms with Crippen molar-refractivity contribution in [3.8, 4) is 6.07 Å². The molecule has 0 fully saturated rings. The topological polar surface area (TPSA) is 41.6 Å². The summed E-state index contributed by atoms with van der Waals surface area (Å²) >= 11 is 5.97. The van der Waals surface area contributed by atoms with Gasteiger partial charge in [0, 0.05) is 6.54 Å². The maximum atomic E-state index is 9.00. The molecule has 4 heteroatoms. The van der Waals surface area contributed by atoms with Crippen molar-refractivity contribution in [1.29, 1.82) is 5.26 Å². The van der Waals surface area contributed by atoms with Crippen molar-refractivity contribution in [2.45, 2.75) is 39.1 Å². The van der Waals surface area contributed by atoms with Crippen molar-refractivity contribution >= 4 is 22.6 Å². The van der Waals surface area contributed by atoms with E-state index in [9.17, 15) is 0 Å². The molecule has 19 heavy (non-hydrogen) atoms. The number of fused-ring (bicyclic) bond motifs is 1. The normalized spacial score (nSPS) is 11.1. The average molecular weight is 276 g/mol. The highest BCUT2D eigenvalue weighted by molar-refractivity contribution is 6.16. The first-order chi connectivity index (χ1) is 9.15. The number of nitrogens with zero attached hydrogens (tertiary/aromatic N) is 3. The Morgan fingerprint density at radius 1 is 1.42 bits per heavy atom. The monoisotopic (exact) mass is 275 g/mol. The van der Waals surface area contributed by atoms with Gasteiger partial charge in [0.15, 0.2) is 0 Å². The summed E-state index contributed by atoms with van der Waals surface area (Å²) in [6.07, 6.45) is 2.28. The molecule has 1 aromatic carbocycles. The number of alkyl halides is 1. The molecular formula is C15H18ClN3. The summed E-state index contributed by atoms with van der Waals surface area (Å²) in [6.45, 7) is 5.36. The van der Waals surface area contributed by atoms with E-state index in [-0.39, 0.29) is 0 Å². The first-order valence-corrected chi connectivity index (χ1v) is 7.14. The molecule has 2 aromatic rings. The zero-order valence-electron chi connectivity index (χ0n) is 11.4. The quantitative estimate of drug-likeness (QED) is 0.772. The van der Waals surface area contributed by atoms with Gasteiger partial charge in [0.05, 0.1) is 28.5 Å². The molecule has 0 bridgehead atoms. The maximum Gasteiger partial charge on any atom is 0.124 e. The van der Waals surface area contributed by atoms with Crippen molar-refractivity contribution in [2.75, 3.05) is 0 Å². The smallest absolute Gasteiger partial charge is 0.124 e. The summed E-state index contributed by atoms with van der Waals surface area (Å²) in [5.41, 5.74) is 2.59. The van der Waals surface area contributed by atoms with Crippen LogP contribution in [0.3, 0.4) is 0 Å². The summed E-state index contributed by atoms with van der Waals surface area (Å²) in [7, 11) is 0. The molecule has 2 rings (SSSR count). The Morgan fingerprint density at radius 3 is 2.84 bits per heavy atom. The molecule has 0 N–H and O–H groups in total. The summed E-state index contributed by atoms with van der Waals surface area (Å²) in [5.74, 6) is 1.98. The van der Waals surface area contributed by atoms with Crippen molar-refractivity contribution in [3.05, 3.63) is 29.6 Å². The maximum absolute atomic E-state index is 9.00. The van der Waals surface area contributed by atoms with Gasteiger partial charge in [-0.05, 0) is 37.0 Å². The molecule has 0 radical (unpaired) electrons. The van der Waals surface area contributed by atoms with Gasteiger partial charge in [0.1, 0.15) is 5.82 Å². The molecule has 0 atom stereocenters. The Bertz CT molecular complexity index is 608. The number of benzene rings is 1. The zero-order valence-corrected chi connectivity index (χ0v) is 12.1. The van der Waals surface area contributed by atoms with Crippen LogP contribution in [0.15, 0.2) is 18.2 Å². The van der Waals surface area contributed by atoms with Crippen LogP contribution in [-0.4, -0.2) is 9.55 Å². The predicted molar refractivity (Wildman–Crippen MR) is 78.1 cm³/mol. The van der Waals surface area contributed by atoms with E-state index in [1.807, 2.05) is 12.1 Å². The Hall–Kier alpha value is -1.53. The number of aromatic nitrogens is 2. The number of nitriles is 1. The van der Waals surface area contributed by atoms with Crippen LogP contribution in [0.4, 0.5) is 0 Å². The molecule has 1 aromatic heterocycles. The molecule has 0 unspecified atom stereocenters. The van der Waals surface area contributed by atoms with Crippen LogP contribution < -0.4 is 0 Å². The summed E-state index contributed by atoms with van der Waals surface area (Å²) in [4.78, 5) is 4.53. The number of rotatable bonds is 5. The highest BCUT2D eigenvalue weighted by Crippen LogP contribution is 2.20. The van der Waals surface area contributed by atoms with Gasteiger partial charge in [-0.15, -0.1) is 11.6 Å². The van der Waals surface area contributed by atoms with E-state index in [0.717, 1.165) is 29.8 Å². The first kappa shape index (κ1) is 13.9. The van der Waals surface area contributed by atoms with Gasteiger partial charge in [-0.25, -0.2) is 4.98 Å². The van der Waals surface area contributed by atoms with E-state index in [4.69, 9.17) is 16.9 Å². The van der Waals surface area contributed by atoms with Gasteiger partial charge >= 0.3 is 0 Å².